The molecular weight excluding hydrogens is 194 g/mol. The molecule has 2 unspecified atom stereocenters. The molecule has 1 spiro atoms. The zero-order valence-corrected chi connectivity index (χ0v) is 8.85. The predicted molar refractivity (Wildman–Crippen MR) is 58.6 cm³/mol. The molecule has 1 aromatic carbocycles. The van der Waals surface area contributed by atoms with E-state index in [1.807, 2.05) is 6.07 Å². The quantitative estimate of drug-likeness (QED) is 0.753. The Morgan fingerprint density at radius 1 is 1.50 bits per heavy atom. The van der Waals surface area contributed by atoms with Gasteiger partial charge in [-0.1, -0.05) is 17.7 Å². The lowest BCUT2D eigenvalue weighted by Crippen LogP contribution is -2.12. The molecule has 0 radical (unpaired) electrons. The summed E-state index contributed by atoms with van der Waals surface area (Å²) in [4.78, 5) is 0. The maximum absolute atomic E-state index is 5.98. The van der Waals surface area contributed by atoms with Crippen molar-refractivity contribution >= 4 is 11.6 Å². The van der Waals surface area contributed by atoms with Crippen molar-refractivity contribution in [1.29, 1.82) is 0 Å². The molecule has 0 saturated heterocycles. The minimum absolute atomic E-state index is 0.453. The molecule has 74 valence electrons. The highest BCUT2D eigenvalue weighted by molar-refractivity contribution is 6.30. The van der Waals surface area contributed by atoms with Gasteiger partial charge in [0.15, 0.2) is 0 Å². The zero-order chi connectivity index (χ0) is 9.76. The van der Waals surface area contributed by atoms with E-state index in [4.69, 9.17) is 17.3 Å². The summed E-state index contributed by atoms with van der Waals surface area (Å²) < 4.78 is 0. The van der Waals surface area contributed by atoms with E-state index in [0.717, 1.165) is 17.5 Å². The average Bonchev–Trinajstić information content (AvgIpc) is 2.78. The van der Waals surface area contributed by atoms with Crippen LogP contribution in [0.2, 0.25) is 5.02 Å². The van der Waals surface area contributed by atoms with Crippen LogP contribution < -0.4 is 5.73 Å². The Hall–Kier alpha value is -0.530. The van der Waals surface area contributed by atoms with Gasteiger partial charge in [-0.25, -0.2) is 0 Å². The van der Waals surface area contributed by atoms with E-state index in [2.05, 4.69) is 12.1 Å². The van der Waals surface area contributed by atoms with Crippen molar-refractivity contribution < 1.29 is 0 Å². The maximum atomic E-state index is 5.98. The Kier molecular flexibility index (Phi) is 1.71. The highest BCUT2D eigenvalue weighted by Gasteiger charge is 2.56. The van der Waals surface area contributed by atoms with Crippen LogP contribution in [0.1, 0.15) is 24.0 Å². The molecule has 14 heavy (non-hydrogen) atoms. The van der Waals surface area contributed by atoms with E-state index < -0.39 is 0 Å². The highest BCUT2D eigenvalue weighted by atomic mass is 35.5. The lowest BCUT2D eigenvalue weighted by Gasteiger charge is -2.10. The molecule has 0 aliphatic heterocycles. The standard InChI is InChI=1S/C12H14ClN/c13-10-1-2-11-8(5-10)3-4-12(11)6-9(12)7-14/h1-2,5,9H,3-4,6-7,14H2. The molecule has 2 aliphatic carbocycles. The SMILES string of the molecule is NCC1CC12CCc1cc(Cl)ccc12. The molecular formula is C12H14ClN. The van der Waals surface area contributed by atoms with Crippen LogP contribution in [0.3, 0.4) is 0 Å². The average molecular weight is 208 g/mol. The smallest absolute Gasteiger partial charge is 0.0408 e. The van der Waals surface area contributed by atoms with Gasteiger partial charge in [-0.15, -0.1) is 0 Å². The number of nitrogens with two attached hydrogens (primary N) is 1. The summed E-state index contributed by atoms with van der Waals surface area (Å²) in [6, 6.07) is 6.34. The van der Waals surface area contributed by atoms with Crippen LogP contribution in [-0.4, -0.2) is 6.54 Å². The van der Waals surface area contributed by atoms with Gasteiger partial charge in [0.2, 0.25) is 0 Å². The molecule has 2 N–H and O–H groups in total. The third-order valence-electron chi connectivity index (χ3n) is 3.96. The normalized spacial score (nSPS) is 33.4. The van der Waals surface area contributed by atoms with Crippen LogP contribution in [0.5, 0.6) is 0 Å². The minimum Gasteiger partial charge on any atom is -0.330 e. The monoisotopic (exact) mass is 207 g/mol. The lowest BCUT2D eigenvalue weighted by atomic mass is 9.95. The van der Waals surface area contributed by atoms with Crippen LogP contribution >= 0.6 is 11.6 Å². The van der Waals surface area contributed by atoms with Crippen molar-refractivity contribution in [2.75, 3.05) is 6.54 Å². The summed E-state index contributed by atoms with van der Waals surface area (Å²) in [5.74, 6) is 0.727. The van der Waals surface area contributed by atoms with Gasteiger partial charge in [0.1, 0.15) is 0 Å². The molecule has 3 rings (SSSR count). The molecule has 0 heterocycles. The van der Waals surface area contributed by atoms with Crippen LogP contribution in [0.15, 0.2) is 18.2 Å². The van der Waals surface area contributed by atoms with E-state index >= 15 is 0 Å². The second-order valence-electron chi connectivity index (χ2n) is 4.59. The number of benzene rings is 1. The van der Waals surface area contributed by atoms with E-state index in [-0.39, 0.29) is 0 Å². The number of rotatable bonds is 1. The number of aryl methyl sites for hydroxylation is 1. The predicted octanol–water partition coefficient (Wildman–Crippen LogP) is 2.50. The summed E-state index contributed by atoms with van der Waals surface area (Å²) >= 11 is 5.98. The summed E-state index contributed by atoms with van der Waals surface area (Å²) in [5, 5.41) is 0.866. The van der Waals surface area contributed by atoms with Gasteiger partial charge in [-0.05, 0) is 55.0 Å². The van der Waals surface area contributed by atoms with E-state index in [9.17, 15) is 0 Å². The molecule has 1 nitrogen and oxygen atoms in total. The Morgan fingerprint density at radius 3 is 3.07 bits per heavy atom. The fourth-order valence-corrected chi connectivity index (χ4v) is 3.27. The number of hydrogen-bond donors (Lipinski definition) is 1. The second kappa shape index (κ2) is 2.74. The van der Waals surface area contributed by atoms with Crippen LogP contribution in [0.25, 0.3) is 0 Å². The van der Waals surface area contributed by atoms with Gasteiger partial charge in [0, 0.05) is 10.4 Å². The van der Waals surface area contributed by atoms with Crippen molar-refractivity contribution in [1.82, 2.24) is 0 Å². The third-order valence-corrected chi connectivity index (χ3v) is 4.20. The first kappa shape index (κ1) is 8.75. The maximum Gasteiger partial charge on any atom is 0.0408 e. The molecule has 0 bridgehead atoms. The van der Waals surface area contributed by atoms with Gasteiger partial charge in [0.05, 0.1) is 0 Å². The van der Waals surface area contributed by atoms with Gasteiger partial charge >= 0.3 is 0 Å². The first-order valence-corrected chi connectivity index (χ1v) is 5.63. The summed E-state index contributed by atoms with van der Waals surface area (Å²) in [7, 11) is 0. The number of halogens is 1. The molecule has 2 aliphatic rings. The summed E-state index contributed by atoms with van der Waals surface area (Å²) in [5.41, 5.74) is 9.18. The van der Waals surface area contributed by atoms with Gasteiger partial charge in [-0.3, -0.25) is 0 Å². The minimum atomic E-state index is 0.453. The van der Waals surface area contributed by atoms with Crippen molar-refractivity contribution in [3.8, 4) is 0 Å². The van der Waals surface area contributed by atoms with Gasteiger partial charge in [0.25, 0.3) is 0 Å². The molecule has 0 aromatic heterocycles. The lowest BCUT2D eigenvalue weighted by molar-refractivity contribution is 0.601. The van der Waals surface area contributed by atoms with Crippen LogP contribution in [0, 0.1) is 5.92 Å². The van der Waals surface area contributed by atoms with Crippen molar-refractivity contribution in [2.45, 2.75) is 24.7 Å². The molecule has 0 amide bonds. The highest BCUT2D eigenvalue weighted by Crippen LogP contribution is 2.61. The van der Waals surface area contributed by atoms with E-state index in [1.54, 1.807) is 0 Å². The molecule has 1 fully saturated rings. The first-order valence-electron chi connectivity index (χ1n) is 5.25. The van der Waals surface area contributed by atoms with E-state index in [1.165, 1.54) is 30.4 Å². The largest absolute Gasteiger partial charge is 0.330 e. The Morgan fingerprint density at radius 2 is 2.36 bits per heavy atom. The second-order valence-corrected chi connectivity index (χ2v) is 5.03. The van der Waals surface area contributed by atoms with Crippen molar-refractivity contribution in [3.05, 3.63) is 34.3 Å². The Labute approximate surface area is 89.3 Å². The topological polar surface area (TPSA) is 26.0 Å². The molecule has 1 aromatic rings. The molecule has 2 heteroatoms. The van der Waals surface area contributed by atoms with Crippen molar-refractivity contribution in [3.63, 3.8) is 0 Å². The van der Waals surface area contributed by atoms with Crippen LogP contribution in [-0.2, 0) is 11.8 Å². The Bertz CT molecular complexity index is 388. The van der Waals surface area contributed by atoms with Gasteiger partial charge in [-0.2, -0.15) is 0 Å². The van der Waals surface area contributed by atoms with Gasteiger partial charge < -0.3 is 5.73 Å². The zero-order valence-electron chi connectivity index (χ0n) is 8.09. The van der Waals surface area contributed by atoms with Crippen LogP contribution in [0.4, 0.5) is 0 Å². The summed E-state index contributed by atoms with van der Waals surface area (Å²) in [6.45, 7) is 0.835. The number of hydrogen-bond acceptors (Lipinski definition) is 1. The molecule has 2 atom stereocenters. The third kappa shape index (κ3) is 0.999. The molecule has 1 saturated carbocycles. The first-order chi connectivity index (χ1) is 6.76. The fraction of sp³-hybridized carbons (Fsp3) is 0.500. The number of fused-ring (bicyclic) bond motifs is 2. The fourth-order valence-electron chi connectivity index (χ4n) is 3.07. The Balaban J connectivity index is 2.04. The van der Waals surface area contributed by atoms with Crippen molar-refractivity contribution in [2.24, 2.45) is 11.7 Å². The summed E-state index contributed by atoms with van der Waals surface area (Å²) in [6.07, 6.45) is 3.76. The van der Waals surface area contributed by atoms with E-state index in [0.29, 0.717) is 5.41 Å².